The van der Waals surface area contributed by atoms with Crippen LogP contribution in [0.5, 0.6) is 11.5 Å². The van der Waals surface area contributed by atoms with Crippen molar-refractivity contribution < 1.29 is 32.2 Å². The number of para-hydroxylation sites is 1. The lowest BCUT2D eigenvalue weighted by molar-refractivity contribution is 0.0729. The van der Waals surface area contributed by atoms with Crippen LogP contribution in [0.2, 0.25) is 0 Å². The summed E-state index contributed by atoms with van der Waals surface area (Å²) >= 11 is 0. The number of anilines is 1. The summed E-state index contributed by atoms with van der Waals surface area (Å²) in [5.74, 6) is 0.240. The van der Waals surface area contributed by atoms with Gasteiger partial charge in [0.05, 0.1) is 32.0 Å². The van der Waals surface area contributed by atoms with Crippen LogP contribution in [-0.4, -0.2) is 71.4 Å². The van der Waals surface area contributed by atoms with Crippen molar-refractivity contribution in [2.75, 3.05) is 58.0 Å². The molecule has 1 amide bonds. The van der Waals surface area contributed by atoms with E-state index in [-0.39, 0.29) is 23.7 Å². The largest absolute Gasteiger partial charge is 0.492 e. The number of ether oxygens (including phenoxy) is 4. The van der Waals surface area contributed by atoms with Crippen LogP contribution in [0.25, 0.3) is 0 Å². The third kappa shape index (κ3) is 6.44. The van der Waals surface area contributed by atoms with Crippen LogP contribution < -0.4 is 14.8 Å². The quantitative estimate of drug-likeness (QED) is 0.495. The SMILES string of the molecule is CCOCCOc1ccccc1C(=O)Nc1ccc(OCC)c(S(=O)(=O)N2CCOCC2)c1. The molecule has 0 saturated carbocycles. The molecule has 1 aliphatic rings. The maximum atomic E-state index is 13.3. The maximum Gasteiger partial charge on any atom is 0.259 e. The Bertz CT molecular complexity index is 1040. The number of morpholine rings is 1. The second kappa shape index (κ2) is 12.0. The average Bonchev–Trinajstić information content (AvgIpc) is 2.83. The second-order valence-corrected chi connectivity index (χ2v) is 9.01. The molecule has 0 aromatic heterocycles. The smallest absolute Gasteiger partial charge is 0.259 e. The lowest BCUT2D eigenvalue weighted by Gasteiger charge is -2.27. The summed E-state index contributed by atoms with van der Waals surface area (Å²) in [6.45, 7) is 6.47. The Morgan fingerprint density at radius 3 is 2.48 bits per heavy atom. The highest BCUT2D eigenvalue weighted by Crippen LogP contribution is 2.31. The Kier molecular flexibility index (Phi) is 9.07. The predicted molar refractivity (Wildman–Crippen MR) is 124 cm³/mol. The molecule has 0 unspecified atom stereocenters. The molecule has 180 valence electrons. The summed E-state index contributed by atoms with van der Waals surface area (Å²) in [6, 6.07) is 11.4. The fraction of sp³-hybridized carbons (Fsp3) is 0.435. The van der Waals surface area contributed by atoms with Gasteiger partial charge in [0.25, 0.3) is 5.91 Å². The van der Waals surface area contributed by atoms with Crippen molar-refractivity contribution in [2.24, 2.45) is 0 Å². The molecule has 0 atom stereocenters. The third-order valence-electron chi connectivity index (χ3n) is 4.91. The van der Waals surface area contributed by atoms with Gasteiger partial charge in [0, 0.05) is 25.4 Å². The Morgan fingerprint density at radius 1 is 1.00 bits per heavy atom. The van der Waals surface area contributed by atoms with Crippen molar-refractivity contribution in [3.63, 3.8) is 0 Å². The molecule has 33 heavy (non-hydrogen) atoms. The summed E-state index contributed by atoms with van der Waals surface area (Å²) in [6.07, 6.45) is 0. The molecule has 0 radical (unpaired) electrons. The Hall–Kier alpha value is -2.66. The molecule has 10 heteroatoms. The van der Waals surface area contributed by atoms with E-state index in [0.717, 1.165) is 0 Å². The van der Waals surface area contributed by atoms with Crippen LogP contribution in [0.1, 0.15) is 24.2 Å². The van der Waals surface area contributed by atoms with E-state index in [4.69, 9.17) is 18.9 Å². The van der Waals surface area contributed by atoms with Crippen molar-refractivity contribution in [1.29, 1.82) is 0 Å². The van der Waals surface area contributed by atoms with E-state index in [1.165, 1.54) is 10.4 Å². The van der Waals surface area contributed by atoms with Gasteiger partial charge in [-0.1, -0.05) is 12.1 Å². The first-order chi connectivity index (χ1) is 16.0. The molecule has 0 bridgehead atoms. The van der Waals surface area contributed by atoms with Crippen molar-refractivity contribution in [1.82, 2.24) is 4.31 Å². The van der Waals surface area contributed by atoms with Crippen LogP contribution in [0.4, 0.5) is 5.69 Å². The van der Waals surface area contributed by atoms with Crippen molar-refractivity contribution in [3.05, 3.63) is 48.0 Å². The molecule has 2 aromatic carbocycles. The molecule has 1 heterocycles. The minimum Gasteiger partial charge on any atom is -0.492 e. The van der Waals surface area contributed by atoms with Gasteiger partial charge in [0.2, 0.25) is 10.0 Å². The third-order valence-corrected chi connectivity index (χ3v) is 6.83. The number of hydrogen-bond acceptors (Lipinski definition) is 7. The first-order valence-corrected chi connectivity index (χ1v) is 12.4. The molecule has 9 nitrogen and oxygen atoms in total. The van der Waals surface area contributed by atoms with Gasteiger partial charge in [-0.2, -0.15) is 4.31 Å². The van der Waals surface area contributed by atoms with E-state index >= 15 is 0 Å². The van der Waals surface area contributed by atoms with E-state index in [1.807, 2.05) is 6.92 Å². The molecule has 1 saturated heterocycles. The Morgan fingerprint density at radius 2 is 1.76 bits per heavy atom. The first-order valence-electron chi connectivity index (χ1n) is 10.9. The maximum absolute atomic E-state index is 13.3. The van der Waals surface area contributed by atoms with Crippen LogP contribution in [0, 0.1) is 0 Å². The van der Waals surface area contributed by atoms with Crippen molar-refractivity contribution in [3.8, 4) is 11.5 Å². The van der Waals surface area contributed by atoms with Gasteiger partial charge in [-0.3, -0.25) is 4.79 Å². The lowest BCUT2D eigenvalue weighted by atomic mass is 10.2. The number of amides is 1. The van der Waals surface area contributed by atoms with Gasteiger partial charge in [-0.05, 0) is 44.2 Å². The van der Waals surface area contributed by atoms with Gasteiger partial charge < -0.3 is 24.3 Å². The zero-order chi connectivity index (χ0) is 23.7. The van der Waals surface area contributed by atoms with Gasteiger partial charge in [0.1, 0.15) is 23.0 Å². The summed E-state index contributed by atoms with van der Waals surface area (Å²) in [5, 5.41) is 2.77. The molecule has 0 aliphatic carbocycles. The topological polar surface area (TPSA) is 103 Å². The summed E-state index contributed by atoms with van der Waals surface area (Å²) in [7, 11) is -3.83. The fourth-order valence-electron chi connectivity index (χ4n) is 3.32. The molecule has 3 rings (SSSR count). The Labute approximate surface area is 194 Å². The van der Waals surface area contributed by atoms with Gasteiger partial charge in [-0.25, -0.2) is 8.42 Å². The molecule has 2 aromatic rings. The number of nitrogens with one attached hydrogen (secondary N) is 1. The van der Waals surface area contributed by atoms with Crippen LogP contribution in [0.3, 0.4) is 0 Å². The van der Waals surface area contributed by atoms with E-state index in [2.05, 4.69) is 5.32 Å². The van der Waals surface area contributed by atoms with Gasteiger partial charge in [-0.15, -0.1) is 0 Å². The highest BCUT2D eigenvalue weighted by Gasteiger charge is 2.30. The minimum absolute atomic E-state index is 0.00491. The summed E-state index contributed by atoms with van der Waals surface area (Å²) < 4.78 is 49.7. The number of carbonyl (C=O) groups excluding carboxylic acids is 1. The van der Waals surface area contributed by atoms with Gasteiger partial charge >= 0.3 is 0 Å². The number of carbonyl (C=O) groups is 1. The minimum atomic E-state index is -3.83. The highest BCUT2D eigenvalue weighted by atomic mass is 32.2. The molecular formula is C23H30N2O7S. The number of rotatable bonds is 11. The molecule has 1 aliphatic heterocycles. The highest BCUT2D eigenvalue weighted by molar-refractivity contribution is 7.89. The molecule has 1 fully saturated rings. The van der Waals surface area contributed by atoms with Crippen LogP contribution in [0.15, 0.2) is 47.4 Å². The Balaban J connectivity index is 1.83. The van der Waals surface area contributed by atoms with Crippen molar-refractivity contribution in [2.45, 2.75) is 18.7 Å². The fourth-order valence-corrected chi connectivity index (χ4v) is 4.89. The van der Waals surface area contributed by atoms with E-state index in [9.17, 15) is 13.2 Å². The molecule has 1 N–H and O–H groups in total. The zero-order valence-electron chi connectivity index (χ0n) is 18.9. The molecular weight excluding hydrogens is 448 g/mol. The number of hydrogen-bond donors (Lipinski definition) is 1. The number of sulfonamides is 1. The number of benzene rings is 2. The number of nitrogens with zero attached hydrogens (tertiary/aromatic N) is 1. The summed E-state index contributed by atoms with van der Waals surface area (Å²) in [5.41, 5.74) is 0.667. The zero-order valence-corrected chi connectivity index (χ0v) is 19.7. The first kappa shape index (κ1) is 25.0. The second-order valence-electron chi connectivity index (χ2n) is 7.11. The van der Waals surface area contributed by atoms with Crippen LogP contribution in [-0.2, 0) is 19.5 Å². The lowest BCUT2D eigenvalue weighted by Crippen LogP contribution is -2.40. The predicted octanol–water partition coefficient (Wildman–Crippen LogP) is 2.77. The van der Waals surface area contributed by atoms with E-state index in [0.29, 0.717) is 56.6 Å². The standard InChI is InChI=1S/C23H30N2O7S/c1-3-29-15-16-32-20-8-6-5-7-19(20)23(26)24-18-9-10-21(31-4-2)22(17-18)33(27,28)25-11-13-30-14-12-25/h5-10,17H,3-4,11-16H2,1-2H3,(H,24,26). The van der Waals surface area contributed by atoms with Gasteiger partial charge in [0.15, 0.2) is 0 Å². The summed E-state index contributed by atoms with van der Waals surface area (Å²) in [4.78, 5) is 13.0. The van der Waals surface area contributed by atoms with Crippen molar-refractivity contribution >= 4 is 21.6 Å². The normalized spacial score (nSPS) is 14.6. The van der Waals surface area contributed by atoms with E-state index in [1.54, 1.807) is 43.3 Å². The molecule has 0 spiro atoms. The van der Waals surface area contributed by atoms with E-state index < -0.39 is 15.9 Å². The monoisotopic (exact) mass is 478 g/mol. The van der Waals surface area contributed by atoms with Crippen LogP contribution >= 0.6 is 0 Å². The average molecular weight is 479 g/mol.